The van der Waals surface area contributed by atoms with Gasteiger partial charge < -0.3 is 5.32 Å². The Morgan fingerprint density at radius 2 is 1.85 bits per heavy atom. The Balaban J connectivity index is 4.15. The van der Waals surface area contributed by atoms with Crippen molar-refractivity contribution in [1.82, 2.24) is 5.32 Å². The summed E-state index contributed by atoms with van der Waals surface area (Å²) in [7, 11) is 0. The Hall–Kier alpha value is -0.0200. The topological polar surface area (TPSA) is 29.1 Å². The van der Waals surface area contributed by atoms with Gasteiger partial charge in [0.15, 0.2) is 5.78 Å². The first-order valence-corrected chi connectivity index (χ1v) is 5.53. The number of carbonyl (C=O) groups is 1. The van der Waals surface area contributed by atoms with Crippen LogP contribution in [0.1, 0.15) is 34.1 Å². The van der Waals surface area contributed by atoms with Crippen LogP contribution in [-0.2, 0) is 4.79 Å². The molecule has 0 aromatic carbocycles. The second-order valence-electron chi connectivity index (χ2n) is 3.94. The van der Waals surface area contributed by atoms with Gasteiger partial charge in [-0.3, -0.25) is 4.79 Å². The van der Waals surface area contributed by atoms with Gasteiger partial charge in [0.2, 0.25) is 0 Å². The summed E-state index contributed by atoms with van der Waals surface area (Å²) >= 11 is 4.15. The quantitative estimate of drug-likeness (QED) is 0.646. The molecule has 0 aliphatic rings. The molecule has 3 heteroatoms. The molecule has 0 aliphatic carbocycles. The molecule has 0 saturated heterocycles. The van der Waals surface area contributed by atoms with Crippen LogP contribution in [0.25, 0.3) is 0 Å². The van der Waals surface area contributed by atoms with E-state index in [1.165, 1.54) is 0 Å². The van der Waals surface area contributed by atoms with Gasteiger partial charge in [-0.25, -0.2) is 0 Å². The number of rotatable bonds is 6. The average molecular weight is 203 g/mol. The summed E-state index contributed by atoms with van der Waals surface area (Å²) in [5.41, 5.74) is 0. The van der Waals surface area contributed by atoms with Crippen LogP contribution in [-0.4, -0.2) is 23.6 Å². The van der Waals surface area contributed by atoms with Gasteiger partial charge in [0, 0.05) is 12.0 Å². The highest BCUT2D eigenvalue weighted by molar-refractivity contribution is 7.80. The number of Topliss-reactive ketones (excluding diaryl/α,β-unsaturated/α-hetero) is 1. The zero-order valence-corrected chi connectivity index (χ0v) is 9.90. The Morgan fingerprint density at radius 3 is 2.15 bits per heavy atom. The van der Waals surface area contributed by atoms with Crippen molar-refractivity contribution >= 4 is 18.4 Å². The van der Waals surface area contributed by atoms with E-state index in [-0.39, 0.29) is 12.0 Å². The SMILES string of the molecule is CC(C)NC(CCS)C(=O)C(C)C. The van der Waals surface area contributed by atoms with Crippen LogP contribution in [0.4, 0.5) is 0 Å². The second kappa shape index (κ2) is 6.44. The molecule has 0 saturated carbocycles. The van der Waals surface area contributed by atoms with Crippen LogP contribution in [0.15, 0.2) is 0 Å². The summed E-state index contributed by atoms with van der Waals surface area (Å²) < 4.78 is 0. The molecule has 0 rings (SSSR count). The molecule has 0 amide bonds. The summed E-state index contributed by atoms with van der Waals surface area (Å²) in [6, 6.07) is 0.338. The lowest BCUT2D eigenvalue weighted by Gasteiger charge is -2.21. The lowest BCUT2D eigenvalue weighted by atomic mass is 9.99. The summed E-state index contributed by atoms with van der Waals surface area (Å²) in [4.78, 5) is 11.7. The van der Waals surface area contributed by atoms with Crippen molar-refractivity contribution in [3.8, 4) is 0 Å². The molecule has 0 heterocycles. The van der Waals surface area contributed by atoms with E-state index in [4.69, 9.17) is 0 Å². The van der Waals surface area contributed by atoms with Crippen LogP contribution < -0.4 is 5.32 Å². The zero-order valence-electron chi connectivity index (χ0n) is 9.00. The predicted octanol–water partition coefficient (Wildman–Crippen LogP) is 1.90. The minimum Gasteiger partial charge on any atom is -0.305 e. The average Bonchev–Trinajstić information content (AvgIpc) is 2.01. The molecule has 0 aromatic rings. The highest BCUT2D eigenvalue weighted by Gasteiger charge is 2.20. The number of hydrogen-bond acceptors (Lipinski definition) is 3. The lowest BCUT2D eigenvalue weighted by Crippen LogP contribution is -2.43. The standard InChI is InChI=1S/C10H21NOS/c1-7(2)10(12)9(5-6-13)11-8(3)4/h7-9,11,13H,5-6H2,1-4H3. The lowest BCUT2D eigenvalue weighted by molar-refractivity contribution is -0.124. The number of nitrogens with one attached hydrogen (secondary N) is 1. The normalized spacial score (nSPS) is 13.8. The van der Waals surface area contributed by atoms with Gasteiger partial charge in [0.25, 0.3) is 0 Å². The van der Waals surface area contributed by atoms with Crippen LogP contribution >= 0.6 is 12.6 Å². The Morgan fingerprint density at radius 1 is 1.31 bits per heavy atom. The van der Waals surface area contributed by atoms with Crippen molar-refractivity contribution in [2.45, 2.75) is 46.2 Å². The van der Waals surface area contributed by atoms with E-state index < -0.39 is 0 Å². The first-order chi connectivity index (χ1) is 5.99. The molecule has 0 fully saturated rings. The molecule has 1 N–H and O–H groups in total. The molecule has 0 bridgehead atoms. The van der Waals surface area contributed by atoms with Crippen molar-refractivity contribution < 1.29 is 4.79 Å². The smallest absolute Gasteiger partial charge is 0.152 e. The summed E-state index contributed by atoms with van der Waals surface area (Å²) in [5.74, 6) is 1.15. The molecule has 0 aromatic heterocycles. The minimum atomic E-state index is -0.0162. The fraction of sp³-hybridized carbons (Fsp3) is 0.900. The van der Waals surface area contributed by atoms with E-state index in [9.17, 15) is 4.79 Å². The molecule has 78 valence electrons. The van der Waals surface area contributed by atoms with Crippen molar-refractivity contribution in [2.75, 3.05) is 5.75 Å². The van der Waals surface area contributed by atoms with Crippen LogP contribution in [0.2, 0.25) is 0 Å². The summed E-state index contributed by atoms with van der Waals surface area (Å²) in [5, 5.41) is 3.26. The monoisotopic (exact) mass is 203 g/mol. The van der Waals surface area contributed by atoms with Gasteiger partial charge in [-0.05, 0) is 12.2 Å². The van der Waals surface area contributed by atoms with Crippen molar-refractivity contribution in [2.24, 2.45) is 5.92 Å². The van der Waals surface area contributed by atoms with Crippen LogP contribution in [0.3, 0.4) is 0 Å². The van der Waals surface area contributed by atoms with Gasteiger partial charge in [-0.15, -0.1) is 0 Å². The van der Waals surface area contributed by atoms with Gasteiger partial charge in [0.05, 0.1) is 6.04 Å². The number of ketones is 1. The van der Waals surface area contributed by atoms with E-state index in [1.807, 2.05) is 13.8 Å². The van der Waals surface area contributed by atoms with Crippen molar-refractivity contribution in [3.05, 3.63) is 0 Å². The van der Waals surface area contributed by atoms with E-state index >= 15 is 0 Å². The first-order valence-electron chi connectivity index (χ1n) is 4.89. The fourth-order valence-corrected chi connectivity index (χ4v) is 1.50. The van der Waals surface area contributed by atoms with E-state index in [0.717, 1.165) is 12.2 Å². The molecule has 0 radical (unpaired) electrons. The van der Waals surface area contributed by atoms with Gasteiger partial charge >= 0.3 is 0 Å². The van der Waals surface area contributed by atoms with E-state index in [2.05, 4.69) is 31.8 Å². The van der Waals surface area contributed by atoms with Crippen molar-refractivity contribution in [3.63, 3.8) is 0 Å². The third kappa shape index (κ3) is 5.32. The molecule has 13 heavy (non-hydrogen) atoms. The predicted molar refractivity (Wildman–Crippen MR) is 60.4 cm³/mol. The Bertz CT molecular complexity index is 157. The third-order valence-electron chi connectivity index (χ3n) is 1.86. The number of thiol groups is 1. The molecular formula is C10H21NOS. The maximum absolute atomic E-state index is 11.7. The summed E-state index contributed by atoms with van der Waals surface area (Å²) in [6.07, 6.45) is 0.818. The van der Waals surface area contributed by atoms with Crippen molar-refractivity contribution in [1.29, 1.82) is 0 Å². The number of hydrogen-bond donors (Lipinski definition) is 2. The molecular weight excluding hydrogens is 182 g/mol. The minimum absolute atomic E-state index is 0.0162. The van der Waals surface area contributed by atoms with Crippen LogP contribution in [0, 0.1) is 5.92 Å². The highest BCUT2D eigenvalue weighted by atomic mass is 32.1. The largest absolute Gasteiger partial charge is 0.305 e. The van der Waals surface area contributed by atoms with E-state index in [0.29, 0.717) is 11.8 Å². The van der Waals surface area contributed by atoms with Gasteiger partial charge in [-0.2, -0.15) is 12.6 Å². The molecule has 0 aliphatic heterocycles. The van der Waals surface area contributed by atoms with E-state index in [1.54, 1.807) is 0 Å². The molecule has 2 nitrogen and oxygen atoms in total. The Labute approximate surface area is 86.9 Å². The zero-order chi connectivity index (χ0) is 10.4. The first kappa shape index (κ1) is 13.0. The molecule has 1 atom stereocenters. The maximum atomic E-state index is 11.7. The van der Waals surface area contributed by atoms with Gasteiger partial charge in [0.1, 0.15) is 0 Å². The van der Waals surface area contributed by atoms with Gasteiger partial charge in [-0.1, -0.05) is 27.7 Å². The third-order valence-corrected chi connectivity index (χ3v) is 2.12. The maximum Gasteiger partial charge on any atom is 0.152 e. The number of carbonyl (C=O) groups excluding carboxylic acids is 1. The van der Waals surface area contributed by atoms with Crippen LogP contribution in [0.5, 0.6) is 0 Å². The Kier molecular flexibility index (Phi) is 6.43. The highest BCUT2D eigenvalue weighted by Crippen LogP contribution is 2.05. The second-order valence-corrected chi connectivity index (χ2v) is 4.39. The molecule has 0 spiro atoms. The summed E-state index contributed by atoms with van der Waals surface area (Å²) in [6.45, 7) is 7.99. The fourth-order valence-electron chi connectivity index (χ4n) is 1.24. The molecule has 1 unspecified atom stereocenters.